The van der Waals surface area contributed by atoms with Crippen LogP contribution in [-0.2, 0) is 4.79 Å². The monoisotopic (exact) mass is 300 g/mol. The molecule has 1 aromatic rings. The molecule has 0 aliphatic carbocycles. The van der Waals surface area contributed by atoms with Gasteiger partial charge in [-0.2, -0.15) is 0 Å². The van der Waals surface area contributed by atoms with Gasteiger partial charge in [0.2, 0.25) is 5.91 Å². The predicted molar refractivity (Wildman–Crippen MR) is 79.0 cm³/mol. The molecule has 4 nitrogen and oxygen atoms in total. The van der Waals surface area contributed by atoms with Gasteiger partial charge in [0.15, 0.2) is 0 Å². The molecule has 0 aliphatic rings. The molecule has 1 aromatic carbocycles. The lowest BCUT2D eigenvalue weighted by atomic mass is 10.2. The highest BCUT2D eigenvalue weighted by Gasteiger charge is 2.20. The number of nitrogens with one attached hydrogen (secondary N) is 1. The molecule has 1 N–H and O–H groups in total. The molecular weight excluding hydrogens is 284 g/mol. The molecule has 0 heterocycles. The Morgan fingerprint density at radius 2 is 2.11 bits per heavy atom. The first-order chi connectivity index (χ1) is 8.99. The Morgan fingerprint density at radius 1 is 1.42 bits per heavy atom. The minimum absolute atomic E-state index is 0.0241. The zero-order valence-electron chi connectivity index (χ0n) is 10.9. The fourth-order valence-corrected chi connectivity index (χ4v) is 2.02. The summed E-state index contributed by atoms with van der Waals surface area (Å²) in [6.45, 7) is 2.47. The van der Waals surface area contributed by atoms with Crippen LogP contribution in [0.4, 0.5) is 0 Å². The van der Waals surface area contributed by atoms with Crippen molar-refractivity contribution in [3.05, 3.63) is 28.8 Å². The summed E-state index contributed by atoms with van der Waals surface area (Å²) in [5.41, 5.74) is 0.367. The first-order valence-corrected chi connectivity index (χ1v) is 6.80. The maximum Gasteiger partial charge on any atom is 0.255 e. The molecule has 0 saturated carbocycles. The summed E-state index contributed by atoms with van der Waals surface area (Å²) in [5, 5.41) is 2.87. The third-order valence-corrected chi connectivity index (χ3v) is 3.18. The number of hydrogen-bond acceptors (Lipinski definition) is 3. The SMILES string of the molecule is CCCN(CC(=O)NC)C(=O)c1cc(S)ccc1Cl. The van der Waals surface area contributed by atoms with Crippen molar-refractivity contribution in [3.8, 4) is 0 Å². The summed E-state index contributed by atoms with van der Waals surface area (Å²) in [6.07, 6.45) is 0.765. The third-order valence-electron chi connectivity index (χ3n) is 2.57. The largest absolute Gasteiger partial charge is 0.358 e. The van der Waals surface area contributed by atoms with E-state index >= 15 is 0 Å². The van der Waals surface area contributed by atoms with Crippen molar-refractivity contribution < 1.29 is 9.59 Å². The van der Waals surface area contributed by atoms with Crippen molar-refractivity contribution >= 4 is 36.0 Å². The standard InChI is InChI=1S/C13H17ClN2O2S/c1-3-6-16(8-12(17)15-2)13(18)10-7-9(19)4-5-11(10)14/h4-5,7,19H,3,6,8H2,1-2H3,(H,15,17). The highest BCUT2D eigenvalue weighted by Crippen LogP contribution is 2.21. The quantitative estimate of drug-likeness (QED) is 0.819. The molecule has 1 rings (SSSR count). The van der Waals surface area contributed by atoms with Crippen LogP contribution in [0.15, 0.2) is 23.1 Å². The summed E-state index contributed by atoms with van der Waals surface area (Å²) in [6, 6.07) is 4.95. The Labute approximate surface area is 123 Å². The zero-order valence-corrected chi connectivity index (χ0v) is 12.6. The van der Waals surface area contributed by atoms with Crippen LogP contribution < -0.4 is 5.32 Å². The molecule has 0 spiro atoms. The summed E-state index contributed by atoms with van der Waals surface area (Å²) >= 11 is 10.2. The Kier molecular flexibility index (Phi) is 6.18. The maximum atomic E-state index is 12.4. The maximum absolute atomic E-state index is 12.4. The van der Waals surface area contributed by atoms with E-state index in [4.69, 9.17) is 11.6 Å². The first kappa shape index (κ1) is 15.9. The molecule has 0 radical (unpaired) electrons. The number of amides is 2. The lowest BCUT2D eigenvalue weighted by Gasteiger charge is -2.21. The molecule has 0 bridgehead atoms. The minimum atomic E-state index is -0.258. The normalized spacial score (nSPS) is 10.1. The van der Waals surface area contributed by atoms with E-state index in [1.165, 1.54) is 11.9 Å². The lowest BCUT2D eigenvalue weighted by molar-refractivity contribution is -0.121. The number of thiol groups is 1. The summed E-state index contributed by atoms with van der Waals surface area (Å²) < 4.78 is 0. The fourth-order valence-electron chi connectivity index (χ4n) is 1.62. The van der Waals surface area contributed by atoms with E-state index in [0.29, 0.717) is 22.0 Å². The number of halogens is 1. The minimum Gasteiger partial charge on any atom is -0.358 e. The molecule has 0 atom stereocenters. The number of rotatable bonds is 5. The molecular formula is C13H17ClN2O2S. The number of benzene rings is 1. The van der Waals surface area contributed by atoms with Crippen LogP contribution in [0, 0.1) is 0 Å². The van der Waals surface area contributed by atoms with Crippen molar-refractivity contribution in [2.24, 2.45) is 0 Å². The Morgan fingerprint density at radius 3 is 2.68 bits per heavy atom. The smallest absolute Gasteiger partial charge is 0.255 e. The van der Waals surface area contributed by atoms with E-state index in [0.717, 1.165) is 6.42 Å². The van der Waals surface area contributed by atoms with E-state index in [9.17, 15) is 9.59 Å². The van der Waals surface area contributed by atoms with Gasteiger partial charge in [-0.15, -0.1) is 12.6 Å². The molecule has 19 heavy (non-hydrogen) atoms. The van der Waals surface area contributed by atoms with Gasteiger partial charge < -0.3 is 10.2 Å². The van der Waals surface area contributed by atoms with Crippen molar-refractivity contribution in [3.63, 3.8) is 0 Å². The van der Waals surface area contributed by atoms with E-state index in [1.54, 1.807) is 18.2 Å². The summed E-state index contributed by atoms with van der Waals surface area (Å²) in [7, 11) is 1.54. The number of likely N-dealkylation sites (N-methyl/N-ethyl adjacent to an activating group) is 1. The molecule has 0 saturated heterocycles. The Balaban J connectivity index is 2.98. The fraction of sp³-hybridized carbons (Fsp3) is 0.385. The molecule has 0 aliphatic heterocycles. The molecule has 104 valence electrons. The number of nitrogens with zero attached hydrogens (tertiary/aromatic N) is 1. The van der Waals surface area contributed by atoms with Gasteiger partial charge in [0.05, 0.1) is 17.1 Å². The van der Waals surface area contributed by atoms with Gasteiger partial charge in [-0.05, 0) is 24.6 Å². The van der Waals surface area contributed by atoms with Crippen molar-refractivity contribution in [2.45, 2.75) is 18.2 Å². The lowest BCUT2D eigenvalue weighted by Crippen LogP contribution is -2.40. The molecule has 0 unspecified atom stereocenters. The van der Waals surface area contributed by atoms with Gasteiger partial charge in [-0.1, -0.05) is 18.5 Å². The van der Waals surface area contributed by atoms with Gasteiger partial charge in [-0.25, -0.2) is 0 Å². The van der Waals surface area contributed by atoms with Crippen molar-refractivity contribution in [1.29, 1.82) is 0 Å². The van der Waals surface area contributed by atoms with Crippen LogP contribution in [0.2, 0.25) is 5.02 Å². The van der Waals surface area contributed by atoms with Crippen LogP contribution >= 0.6 is 24.2 Å². The van der Waals surface area contributed by atoms with Crippen LogP contribution in [0.5, 0.6) is 0 Å². The van der Waals surface area contributed by atoms with Crippen molar-refractivity contribution in [2.75, 3.05) is 20.1 Å². The van der Waals surface area contributed by atoms with E-state index < -0.39 is 0 Å². The van der Waals surface area contributed by atoms with Gasteiger partial charge in [-0.3, -0.25) is 9.59 Å². The van der Waals surface area contributed by atoms with Gasteiger partial charge in [0, 0.05) is 18.5 Å². The topological polar surface area (TPSA) is 49.4 Å². The average molecular weight is 301 g/mol. The third kappa shape index (κ3) is 4.44. The van der Waals surface area contributed by atoms with Gasteiger partial charge in [0.25, 0.3) is 5.91 Å². The molecule has 2 amide bonds. The molecule has 0 aromatic heterocycles. The van der Waals surface area contributed by atoms with Crippen LogP contribution in [0.3, 0.4) is 0 Å². The number of carbonyl (C=O) groups is 2. The van der Waals surface area contributed by atoms with Crippen molar-refractivity contribution in [1.82, 2.24) is 10.2 Å². The first-order valence-electron chi connectivity index (χ1n) is 5.98. The summed E-state index contributed by atoms with van der Waals surface area (Å²) in [4.78, 5) is 26.0. The van der Waals surface area contributed by atoms with Crippen LogP contribution in [0.25, 0.3) is 0 Å². The molecule has 0 fully saturated rings. The van der Waals surface area contributed by atoms with Gasteiger partial charge >= 0.3 is 0 Å². The Bertz CT molecular complexity index is 480. The second-order valence-electron chi connectivity index (χ2n) is 4.06. The average Bonchev–Trinajstić information content (AvgIpc) is 2.40. The number of carbonyl (C=O) groups excluding carboxylic acids is 2. The van der Waals surface area contributed by atoms with E-state index in [2.05, 4.69) is 17.9 Å². The van der Waals surface area contributed by atoms with Crippen LogP contribution in [0.1, 0.15) is 23.7 Å². The zero-order chi connectivity index (χ0) is 14.4. The molecule has 6 heteroatoms. The highest BCUT2D eigenvalue weighted by molar-refractivity contribution is 7.80. The number of hydrogen-bond donors (Lipinski definition) is 2. The predicted octanol–water partition coefficient (Wildman–Crippen LogP) is 2.23. The van der Waals surface area contributed by atoms with E-state index in [-0.39, 0.29) is 18.4 Å². The second-order valence-corrected chi connectivity index (χ2v) is 4.99. The Hall–Kier alpha value is -1.20. The van der Waals surface area contributed by atoms with E-state index in [1.807, 2.05) is 6.92 Å². The summed E-state index contributed by atoms with van der Waals surface area (Å²) in [5.74, 6) is -0.466. The highest BCUT2D eigenvalue weighted by atomic mass is 35.5. The van der Waals surface area contributed by atoms with Gasteiger partial charge in [0.1, 0.15) is 0 Å². The van der Waals surface area contributed by atoms with Crippen LogP contribution in [-0.4, -0.2) is 36.9 Å². The second kappa shape index (κ2) is 7.40.